The van der Waals surface area contributed by atoms with Crippen molar-refractivity contribution in [3.63, 3.8) is 0 Å². The number of nitrogen functional groups attached to an aromatic ring is 1. The maximum absolute atomic E-state index is 5.98. The second-order valence-electron chi connectivity index (χ2n) is 5.52. The SMILES string of the molecule is Nc1cnccc1N1CCN(CC2CCC2)CC1. The Kier molecular flexibility index (Phi) is 3.37. The molecule has 2 N–H and O–H groups in total. The van der Waals surface area contributed by atoms with Crippen LogP contribution in [0.15, 0.2) is 18.5 Å². The molecule has 1 saturated carbocycles. The van der Waals surface area contributed by atoms with E-state index in [1.165, 1.54) is 25.8 Å². The lowest BCUT2D eigenvalue weighted by atomic mass is 9.85. The first-order valence-electron chi connectivity index (χ1n) is 7.00. The molecule has 3 rings (SSSR count). The minimum absolute atomic E-state index is 0.796. The number of rotatable bonds is 3. The van der Waals surface area contributed by atoms with Gasteiger partial charge < -0.3 is 10.6 Å². The van der Waals surface area contributed by atoms with Crippen molar-refractivity contribution in [3.05, 3.63) is 18.5 Å². The van der Waals surface area contributed by atoms with Gasteiger partial charge in [-0.05, 0) is 24.8 Å². The molecule has 0 radical (unpaired) electrons. The Hall–Kier alpha value is -1.29. The second-order valence-corrected chi connectivity index (χ2v) is 5.52. The van der Waals surface area contributed by atoms with Gasteiger partial charge in [0, 0.05) is 38.9 Å². The van der Waals surface area contributed by atoms with E-state index >= 15 is 0 Å². The molecular weight excluding hydrogens is 224 g/mol. The Morgan fingerprint density at radius 3 is 2.61 bits per heavy atom. The number of hydrogen-bond donors (Lipinski definition) is 1. The van der Waals surface area contributed by atoms with Crippen LogP contribution >= 0.6 is 0 Å². The molecule has 2 heterocycles. The van der Waals surface area contributed by atoms with Gasteiger partial charge in [0.2, 0.25) is 0 Å². The number of piperazine rings is 1. The molecule has 98 valence electrons. The van der Waals surface area contributed by atoms with Gasteiger partial charge in [-0.25, -0.2) is 0 Å². The van der Waals surface area contributed by atoms with Gasteiger partial charge in [0.05, 0.1) is 17.6 Å². The summed E-state index contributed by atoms with van der Waals surface area (Å²) in [6.45, 7) is 5.80. The summed E-state index contributed by atoms with van der Waals surface area (Å²) >= 11 is 0. The van der Waals surface area contributed by atoms with Crippen LogP contribution in [-0.4, -0.2) is 42.6 Å². The summed E-state index contributed by atoms with van der Waals surface area (Å²) in [4.78, 5) is 9.04. The molecule has 0 spiro atoms. The Bertz CT molecular complexity index is 395. The molecule has 0 bridgehead atoms. The lowest BCUT2D eigenvalue weighted by Crippen LogP contribution is -2.48. The van der Waals surface area contributed by atoms with Crippen molar-refractivity contribution in [3.8, 4) is 0 Å². The third-order valence-corrected chi connectivity index (χ3v) is 4.28. The van der Waals surface area contributed by atoms with Gasteiger partial charge in [-0.2, -0.15) is 0 Å². The highest BCUT2D eigenvalue weighted by Crippen LogP contribution is 2.28. The Balaban J connectivity index is 1.54. The molecule has 2 fully saturated rings. The van der Waals surface area contributed by atoms with E-state index in [-0.39, 0.29) is 0 Å². The first-order chi connectivity index (χ1) is 8.83. The summed E-state index contributed by atoms with van der Waals surface area (Å²) in [6.07, 6.45) is 7.90. The van der Waals surface area contributed by atoms with Gasteiger partial charge >= 0.3 is 0 Å². The zero-order chi connectivity index (χ0) is 12.4. The standard InChI is InChI=1S/C14H22N4/c15-13-10-16-5-4-14(13)18-8-6-17(7-9-18)11-12-2-1-3-12/h4-5,10,12H,1-3,6-9,11,15H2. The first kappa shape index (κ1) is 11.8. The van der Waals surface area contributed by atoms with E-state index in [1.807, 2.05) is 12.3 Å². The molecule has 1 aliphatic carbocycles. The fourth-order valence-electron chi connectivity index (χ4n) is 2.90. The smallest absolute Gasteiger partial charge is 0.0738 e. The maximum atomic E-state index is 5.98. The average Bonchev–Trinajstić information content (AvgIpc) is 2.35. The molecule has 18 heavy (non-hydrogen) atoms. The molecule has 1 saturated heterocycles. The van der Waals surface area contributed by atoms with Gasteiger partial charge in [0.25, 0.3) is 0 Å². The van der Waals surface area contributed by atoms with Crippen molar-refractivity contribution in [2.45, 2.75) is 19.3 Å². The molecule has 0 atom stereocenters. The molecule has 0 amide bonds. The van der Waals surface area contributed by atoms with Gasteiger partial charge in [-0.3, -0.25) is 9.88 Å². The van der Waals surface area contributed by atoms with Crippen molar-refractivity contribution in [2.75, 3.05) is 43.4 Å². The van der Waals surface area contributed by atoms with Crippen molar-refractivity contribution in [1.82, 2.24) is 9.88 Å². The summed E-state index contributed by atoms with van der Waals surface area (Å²) in [7, 11) is 0. The third kappa shape index (κ3) is 2.43. The topological polar surface area (TPSA) is 45.4 Å². The highest BCUT2D eigenvalue weighted by Gasteiger charge is 2.24. The first-order valence-corrected chi connectivity index (χ1v) is 7.00. The lowest BCUT2D eigenvalue weighted by molar-refractivity contribution is 0.170. The van der Waals surface area contributed by atoms with Crippen LogP contribution in [0.4, 0.5) is 11.4 Å². The van der Waals surface area contributed by atoms with E-state index in [0.717, 1.165) is 43.5 Å². The minimum Gasteiger partial charge on any atom is -0.396 e. The highest BCUT2D eigenvalue weighted by molar-refractivity contribution is 5.66. The molecule has 1 aromatic rings. The van der Waals surface area contributed by atoms with Crippen LogP contribution in [0.2, 0.25) is 0 Å². The van der Waals surface area contributed by atoms with Crippen LogP contribution in [0.25, 0.3) is 0 Å². The summed E-state index contributed by atoms with van der Waals surface area (Å²) in [5, 5.41) is 0. The zero-order valence-corrected chi connectivity index (χ0v) is 10.9. The van der Waals surface area contributed by atoms with Gasteiger partial charge in [-0.1, -0.05) is 6.42 Å². The van der Waals surface area contributed by atoms with Crippen molar-refractivity contribution < 1.29 is 0 Å². The maximum Gasteiger partial charge on any atom is 0.0738 e. The summed E-state index contributed by atoms with van der Waals surface area (Å²) in [5.41, 5.74) is 7.92. The molecule has 2 aliphatic rings. The molecular formula is C14H22N4. The van der Waals surface area contributed by atoms with Crippen molar-refractivity contribution in [2.24, 2.45) is 5.92 Å². The van der Waals surface area contributed by atoms with E-state index in [0.29, 0.717) is 0 Å². The van der Waals surface area contributed by atoms with Crippen molar-refractivity contribution >= 4 is 11.4 Å². The Labute approximate surface area is 109 Å². The number of nitrogens with zero attached hydrogens (tertiary/aromatic N) is 3. The number of aromatic nitrogens is 1. The fraction of sp³-hybridized carbons (Fsp3) is 0.643. The molecule has 4 nitrogen and oxygen atoms in total. The molecule has 4 heteroatoms. The lowest BCUT2D eigenvalue weighted by Gasteiger charge is -2.39. The van der Waals surface area contributed by atoms with Gasteiger partial charge in [0.15, 0.2) is 0 Å². The number of pyridine rings is 1. The summed E-state index contributed by atoms with van der Waals surface area (Å²) in [5.74, 6) is 0.975. The number of anilines is 2. The number of nitrogens with two attached hydrogens (primary N) is 1. The van der Waals surface area contributed by atoms with E-state index in [1.54, 1.807) is 6.20 Å². The summed E-state index contributed by atoms with van der Waals surface area (Å²) < 4.78 is 0. The van der Waals surface area contributed by atoms with E-state index in [4.69, 9.17) is 5.73 Å². The fourth-order valence-corrected chi connectivity index (χ4v) is 2.90. The minimum atomic E-state index is 0.796. The Morgan fingerprint density at radius 2 is 2.00 bits per heavy atom. The van der Waals surface area contributed by atoms with Gasteiger partial charge in [0.1, 0.15) is 0 Å². The van der Waals surface area contributed by atoms with Crippen LogP contribution in [0, 0.1) is 5.92 Å². The second kappa shape index (κ2) is 5.14. The van der Waals surface area contributed by atoms with Crippen molar-refractivity contribution in [1.29, 1.82) is 0 Å². The van der Waals surface area contributed by atoms with Gasteiger partial charge in [-0.15, -0.1) is 0 Å². The number of hydrogen-bond acceptors (Lipinski definition) is 4. The zero-order valence-electron chi connectivity index (χ0n) is 10.9. The normalized spacial score (nSPS) is 21.9. The van der Waals surface area contributed by atoms with E-state index < -0.39 is 0 Å². The Morgan fingerprint density at radius 1 is 1.22 bits per heavy atom. The van der Waals surface area contributed by atoms with Crippen LogP contribution in [0.1, 0.15) is 19.3 Å². The highest BCUT2D eigenvalue weighted by atomic mass is 15.3. The average molecular weight is 246 g/mol. The van der Waals surface area contributed by atoms with Crippen LogP contribution in [0.3, 0.4) is 0 Å². The monoisotopic (exact) mass is 246 g/mol. The predicted octanol–water partition coefficient (Wildman–Crippen LogP) is 1.59. The molecule has 1 aromatic heterocycles. The molecule has 0 aromatic carbocycles. The van der Waals surface area contributed by atoms with Crippen LogP contribution in [-0.2, 0) is 0 Å². The van der Waals surface area contributed by atoms with Crippen LogP contribution < -0.4 is 10.6 Å². The largest absolute Gasteiger partial charge is 0.396 e. The van der Waals surface area contributed by atoms with Crippen LogP contribution in [0.5, 0.6) is 0 Å². The predicted molar refractivity (Wildman–Crippen MR) is 74.6 cm³/mol. The quantitative estimate of drug-likeness (QED) is 0.879. The molecule has 0 unspecified atom stereocenters. The van der Waals surface area contributed by atoms with E-state index in [2.05, 4.69) is 14.8 Å². The molecule has 1 aliphatic heterocycles. The third-order valence-electron chi connectivity index (χ3n) is 4.28. The summed E-state index contributed by atoms with van der Waals surface area (Å²) in [6, 6.07) is 2.02. The van der Waals surface area contributed by atoms with E-state index in [9.17, 15) is 0 Å².